The highest BCUT2D eigenvalue weighted by molar-refractivity contribution is 6.03. The van der Waals surface area contributed by atoms with Gasteiger partial charge in [-0.15, -0.1) is 0 Å². The SMILES string of the molecule is C[C@@H]1CN(c2c(C=O)cc3c(N4C(=O)OCC4c4cnccn4)noc3c2F)C[C@@H](C)O1. The average molecular weight is 441 g/mol. The Hall–Kier alpha value is -3.60. The van der Waals surface area contributed by atoms with Crippen molar-refractivity contribution in [3.8, 4) is 0 Å². The number of nitrogens with zero attached hydrogens (tertiary/aromatic N) is 5. The molecule has 4 heterocycles. The largest absolute Gasteiger partial charge is 0.446 e. The first-order chi connectivity index (χ1) is 15.5. The number of morpholine rings is 1. The zero-order chi connectivity index (χ0) is 22.4. The summed E-state index contributed by atoms with van der Waals surface area (Å²) in [7, 11) is 0. The zero-order valence-corrected chi connectivity index (χ0v) is 17.4. The Kier molecular flexibility index (Phi) is 4.97. The summed E-state index contributed by atoms with van der Waals surface area (Å²) >= 11 is 0. The van der Waals surface area contributed by atoms with E-state index in [1.54, 1.807) is 4.90 Å². The van der Waals surface area contributed by atoms with E-state index < -0.39 is 18.0 Å². The zero-order valence-electron chi connectivity index (χ0n) is 17.4. The number of carbonyl (C=O) groups is 2. The summed E-state index contributed by atoms with van der Waals surface area (Å²) in [6.07, 6.45) is 4.16. The fraction of sp³-hybridized carbons (Fsp3) is 0.381. The third-order valence-corrected chi connectivity index (χ3v) is 5.58. The van der Waals surface area contributed by atoms with Crippen molar-refractivity contribution in [2.24, 2.45) is 0 Å². The van der Waals surface area contributed by atoms with Crippen LogP contribution in [0.25, 0.3) is 11.0 Å². The molecule has 10 nitrogen and oxygen atoms in total. The van der Waals surface area contributed by atoms with E-state index in [0.717, 1.165) is 0 Å². The van der Waals surface area contributed by atoms with E-state index in [1.165, 1.54) is 29.6 Å². The predicted octanol–water partition coefficient (Wildman–Crippen LogP) is 2.88. The topological polar surface area (TPSA) is 111 Å². The van der Waals surface area contributed by atoms with Crippen molar-refractivity contribution in [1.29, 1.82) is 0 Å². The van der Waals surface area contributed by atoms with E-state index in [4.69, 9.17) is 14.0 Å². The van der Waals surface area contributed by atoms with Crippen LogP contribution in [0.3, 0.4) is 0 Å². The number of hydrogen-bond donors (Lipinski definition) is 0. The van der Waals surface area contributed by atoms with Crippen LogP contribution in [0.4, 0.5) is 20.7 Å². The molecule has 32 heavy (non-hydrogen) atoms. The molecule has 0 bridgehead atoms. The third kappa shape index (κ3) is 3.25. The van der Waals surface area contributed by atoms with Crippen molar-refractivity contribution >= 4 is 34.9 Å². The summed E-state index contributed by atoms with van der Waals surface area (Å²) < 4.78 is 31.9. The number of carbonyl (C=O) groups excluding carboxylic acids is 2. The van der Waals surface area contributed by atoms with Crippen LogP contribution >= 0.6 is 0 Å². The molecule has 1 amide bonds. The van der Waals surface area contributed by atoms with Gasteiger partial charge in [-0.1, -0.05) is 5.16 Å². The van der Waals surface area contributed by atoms with E-state index in [9.17, 15) is 9.59 Å². The molecule has 5 rings (SSSR count). The molecule has 1 aromatic carbocycles. The molecule has 1 unspecified atom stereocenters. The van der Waals surface area contributed by atoms with Crippen molar-refractivity contribution in [2.45, 2.75) is 32.1 Å². The van der Waals surface area contributed by atoms with Crippen molar-refractivity contribution in [3.63, 3.8) is 0 Å². The van der Waals surface area contributed by atoms with Crippen molar-refractivity contribution < 1.29 is 28.0 Å². The summed E-state index contributed by atoms with van der Waals surface area (Å²) in [5, 5.41) is 4.15. The molecule has 11 heteroatoms. The monoisotopic (exact) mass is 441 g/mol. The van der Waals surface area contributed by atoms with Gasteiger partial charge in [0.15, 0.2) is 17.9 Å². The van der Waals surface area contributed by atoms with Crippen molar-refractivity contribution in [1.82, 2.24) is 15.1 Å². The lowest BCUT2D eigenvalue weighted by Crippen LogP contribution is -2.46. The Morgan fingerprint density at radius 2 is 2.00 bits per heavy atom. The van der Waals surface area contributed by atoms with Crippen LogP contribution in [-0.2, 0) is 9.47 Å². The third-order valence-electron chi connectivity index (χ3n) is 5.58. The molecule has 0 radical (unpaired) electrons. The van der Waals surface area contributed by atoms with Gasteiger partial charge in [0.25, 0.3) is 0 Å². The Morgan fingerprint density at radius 1 is 1.22 bits per heavy atom. The van der Waals surface area contributed by atoms with Crippen LogP contribution in [0.1, 0.15) is 35.9 Å². The maximum absolute atomic E-state index is 15.6. The van der Waals surface area contributed by atoms with Crippen molar-refractivity contribution in [2.75, 3.05) is 29.5 Å². The summed E-state index contributed by atoms with van der Waals surface area (Å²) in [5.41, 5.74) is 0.597. The Morgan fingerprint density at radius 3 is 2.69 bits per heavy atom. The lowest BCUT2D eigenvalue weighted by atomic mass is 10.1. The number of benzene rings is 1. The number of aromatic nitrogens is 3. The molecule has 2 aromatic heterocycles. The summed E-state index contributed by atoms with van der Waals surface area (Å²) in [4.78, 5) is 35.7. The lowest BCUT2D eigenvalue weighted by molar-refractivity contribution is -0.00543. The van der Waals surface area contributed by atoms with E-state index >= 15 is 4.39 Å². The summed E-state index contributed by atoms with van der Waals surface area (Å²) in [6, 6.07) is 0.865. The Bertz CT molecular complexity index is 1180. The van der Waals surface area contributed by atoms with Gasteiger partial charge in [-0.25, -0.2) is 14.1 Å². The van der Waals surface area contributed by atoms with Crippen molar-refractivity contribution in [3.05, 3.63) is 41.7 Å². The van der Waals surface area contributed by atoms with Gasteiger partial charge < -0.3 is 18.9 Å². The molecule has 2 aliphatic rings. The molecule has 2 aliphatic heterocycles. The molecule has 166 valence electrons. The number of cyclic esters (lactones) is 1. The lowest BCUT2D eigenvalue weighted by Gasteiger charge is -2.37. The second-order valence-corrected chi connectivity index (χ2v) is 7.88. The highest BCUT2D eigenvalue weighted by Gasteiger charge is 2.40. The average Bonchev–Trinajstić information content (AvgIpc) is 3.36. The minimum atomic E-state index is -0.715. The Balaban J connectivity index is 1.62. The van der Waals surface area contributed by atoms with E-state index in [1.807, 2.05) is 13.8 Å². The molecular formula is C21H20FN5O5. The predicted molar refractivity (Wildman–Crippen MR) is 110 cm³/mol. The Labute approximate surface area is 181 Å². The van der Waals surface area contributed by atoms with Gasteiger partial charge in [-0.3, -0.25) is 14.8 Å². The quantitative estimate of drug-likeness (QED) is 0.564. The number of amides is 1. The van der Waals surface area contributed by atoms with Crippen LogP contribution in [-0.4, -0.2) is 59.4 Å². The molecule has 3 atom stereocenters. The summed E-state index contributed by atoms with van der Waals surface area (Å²) in [6.45, 7) is 4.63. The van der Waals surface area contributed by atoms with Crippen LogP contribution in [0.5, 0.6) is 0 Å². The van der Waals surface area contributed by atoms with E-state index in [2.05, 4.69) is 15.1 Å². The van der Waals surface area contributed by atoms with Gasteiger partial charge in [0.1, 0.15) is 12.6 Å². The first kappa shape index (κ1) is 20.3. The second-order valence-electron chi connectivity index (χ2n) is 7.88. The number of fused-ring (bicyclic) bond motifs is 1. The number of ether oxygens (including phenoxy) is 2. The fourth-order valence-electron chi connectivity index (χ4n) is 4.34. The minimum Gasteiger partial charge on any atom is -0.446 e. The highest BCUT2D eigenvalue weighted by atomic mass is 19.1. The molecule has 0 N–H and O–H groups in total. The van der Waals surface area contributed by atoms with Gasteiger partial charge in [0, 0.05) is 31.0 Å². The normalized spacial score (nSPS) is 23.6. The molecule has 0 saturated carbocycles. The second kappa shape index (κ2) is 7.83. The molecule has 0 spiro atoms. The van der Waals surface area contributed by atoms with Gasteiger partial charge in [-0.05, 0) is 19.9 Å². The standard InChI is InChI=1S/C21H20FN5O5/c1-11-7-26(8-12(2)31-11)18-13(9-28)5-14-19(17(18)22)32-25-20(14)27-16(10-30-21(27)29)15-6-23-3-4-24-15/h3-6,9,11-12,16H,7-8,10H2,1-2H3/t11-,12-,16?/m1/s1. The fourth-order valence-corrected chi connectivity index (χ4v) is 4.34. The number of hydrogen-bond acceptors (Lipinski definition) is 9. The van der Waals surface area contributed by atoms with E-state index in [-0.39, 0.29) is 46.9 Å². The molecule has 3 aromatic rings. The van der Waals surface area contributed by atoms with Gasteiger partial charge >= 0.3 is 6.09 Å². The van der Waals surface area contributed by atoms with Crippen LogP contribution in [0.2, 0.25) is 0 Å². The number of halogens is 1. The first-order valence-electron chi connectivity index (χ1n) is 10.2. The van der Waals surface area contributed by atoms with Gasteiger partial charge in [0.2, 0.25) is 5.58 Å². The number of anilines is 2. The summed E-state index contributed by atoms with van der Waals surface area (Å²) in [5.74, 6) is -0.663. The van der Waals surface area contributed by atoms with E-state index in [0.29, 0.717) is 25.1 Å². The maximum atomic E-state index is 15.6. The molecular weight excluding hydrogens is 421 g/mol. The van der Waals surface area contributed by atoms with Gasteiger partial charge in [-0.2, -0.15) is 0 Å². The minimum absolute atomic E-state index is 0.0243. The number of aldehydes is 1. The first-order valence-corrected chi connectivity index (χ1v) is 10.2. The van der Waals surface area contributed by atoms with Crippen LogP contribution in [0, 0.1) is 5.82 Å². The number of rotatable bonds is 4. The van der Waals surface area contributed by atoms with Crippen LogP contribution in [0.15, 0.2) is 29.2 Å². The molecule has 2 saturated heterocycles. The highest BCUT2D eigenvalue weighted by Crippen LogP contribution is 2.40. The van der Waals surface area contributed by atoms with Gasteiger partial charge in [0.05, 0.1) is 35.2 Å². The maximum Gasteiger partial charge on any atom is 0.416 e. The molecule has 2 fully saturated rings. The smallest absolute Gasteiger partial charge is 0.416 e. The van der Waals surface area contributed by atoms with Crippen LogP contribution < -0.4 is 9.80 Å². The molecule has 0 aliphatic carbocycles.